The van der Waals surface area contributed by atoms with Gasteiger partial charge in [-0.1, -0.05) is 76.6 Å². The van der Waals surface area contributed by atoms with Gasteiger partial charge in [0.25, 0.3) is 5.54 Å². The van der Waals surface area contributed by atoms with E-state index in [0.717, 1.165) is 22.9 Å². The molecule has 0 amide bonds. The summed E-state index contributed by atoms with van der Waals surface area (Å²) in [6.45, 7) is 7.69. The topological polar surface area (TPSA) is 4.36 Å². The monoisotopic (exact) mass is 299 g/mol. The second-order valence-corrected chi connectivity index (χ2v) is 4.94. The van der Waals surface area contributed by atoms with Crippen molar-refractivity contribution in [2.45, 2.75) is 12.0 Å². The molecule has 0 saturated carbocycles. The SMILES string of the molecule is [C-]#[N+]C(CCBr)(c1ccccc1)c1ccccc1. The minimum Gasteiger partial charge on any atom is -0.300 e. The Balaban J connectivity index is 2.58. The highest BCUT2D eigenvalue weighted by molar-refractivity contribution is 9.09. The third-order valence-electron chi connectivity index (χ3n) is 3.15. The van der Waals surface area contributed by atoms with Crippen molar-refractivity contribution < 1.29 is 0 Å². The van der Waals surface area contributed by atoms with Gasteiger partial charge in [0.15, 0.2) is 0 Å². The van der Waals surface area contributed by atoms with Crippen LogP contribution in [0.25, 0.3) is 4.85 Å². The normalized spacial score (nSPS) is 10.9. The first-order valence-electron chi connectivity index (χ1n) is 5.89. The molecule has 2 aromatic rings. The van der Waals surface area contributed by atoms with Crippen LogP contribution in [0.1, 0.15) is 17.5 Å². The lowest BCUT2D eigenvalue weighted by atomic mass is 9.81. The maximum atomic E-state index is 7.69. The van der Waals surface area contributed by atoms with Crippen LogP contribution in [0.3, 0.4) is 0 Å². The van der Waals surface area contributed by atoms with E-state index in [-0.39, 0.29) is 0 Å². The fourth-order valence-electron chi connectivity index (χ4n) is 2.20. The molecule has 0 aliphatic rings. The van der Waals surface area contributed by atoms with Gasteiger partial charge >= 0.3 is 0 Å². The van der Waals surface area contributed by atoms with Gasteiger partial charge in [-0.15, -0.1) is 0 Å². The van der Waals surface area contributed by atoms with E-state index in [1.165, 1.54) is 0 Å². The molecule has 0 aromatic heterocycles. The van der Waals surface area contributed by atoms with E-state index in [2.05, 4.69) is 20.8 Å². The van der Waals surface area contributed by atoms with Gasteiger partial charge in [0.1, 0.15) is 0 Å². The first-order chi connectivity index (χ1) is 8.83. The molecule has 0 aliphatic heterocycles. The van der Waals surface area contributed by atoms with E-state index in [9.17, 15) is 0 Å². The van der Waals surface area contributed by atoms with Crippen molar-refractivity contribution in [3.05, 3.63) is 83.2 Å². The molecule has 0 aliphatic carbocycles. The Morgan fingerprint density at radius 3 is 1.67 bits per heavy atom. The Morgan fingerprint density at radius 1 is 0.889 bits per heavy atom. The van der Waals surface area contributed by atoms with Crippen molar-refractivity contribution in [1.82, 2.24) is 0 Å². The van der Waals surface area contributed by atoms with Crippen LogP contribution in [0.4, 0.5) is 0 Å². The number of halogens is 1. The van der Waals surface area contributed by atoms with Gasteiger partial charge in [-0.3, -0.25) is 4.85 Å². The van der Waals surface area contributed by atoms with Gasteiger partial charge in [-0.05, 0) is 0 Å². The molecule has 0 N–H and O–H groups in total. The first-order valence-corrected chi connectivity index (χ1v) is 7.01. The molecule has 0 atom stereocenters. The van der Waals surface area contributed by atoms with Gasteiger partial charge < -0.3 is 0 Å². The van der Waals surface area contributed by atoms with E-state index < -0.39 is 5.54 Å². The average Bonchev–Trinajstić information content (AvgIpc) is 2.47. The molecule has 1 nitrogen and oxygen atoms in total. The lowest BCUT2D eigenvalue weighted by Gasteiger charge is -2.22. The Labute approximate surface area is 116 Å². The first kappa shape index (κ1) is 12.9. The van der Waals surface area contributed by atoms with Crippen molar-refractivity contribution in [2.24, 2.45) is 0 Å². The van der Waals surface area contributed by atoms with Crippen molar-refractivity contribution in [1.29, 1.82) is 0 Å². The van der Waals surface area contributed by atoms with Crippen LogP contribution in [0, 0.1) is 6.57 Å². The van der Waals surface area contributed by atoms with Gasteiger partial charge in [-0.2, -0.15) is 0 Å². The van der Waals surface area contributed by atoms with Crippen molar-refractivity contribution in [3.8, 4) is 0 Å². The molecular formula is C16H14BrN. The zero-order chi connectivity index (χ0) is 12.8. The summed E-state index contributed by atoms with van der Waals surface area (Å²) in [5, 5.41) is 0.805. The minimum atomic E-state index is -0.577. The summed E-state index contributed by atoms with van der Waals surface area (Å²) in [5.74, 6) is 0. The molecule has 2 heteroatoms. The molecule has 0 bridgehead atoms. The summed E-state index contributed by atoms with van der Waals surface area (Å²) in [5.41, 5.74) is 1.54. The van der Waals surface area contributed by atoms with Crippen molar-refractivity contribution in [3.63, 3.8) is 0 Å². The molecule has 0 spiro atoms. The molecule has 2 rings (SSSR count). The molecule has 0 radical (unpaired) electrons. The summed E-state index contributed by atoms with van der Waals surface area (Å²) in [6.07, 6.45) is 0.768. The van der Waals surface area contributed by atoms with E-state index in [0.29, 0.717) is 0 Å². The van der Waals surface area contributed by atoms with Crippen LogP contribution in [0.2, 0.25) is 0 Å². The highest BCUT2D eigenvalue weighted by atomic mass is 79.9. The van der Waals surface area contributed by atoms with Crippen LogP contribution in [0.15, 0.2) is 60.7 Å². The molecular weight excluding hydrogens is 286 g/mol. The van der Waals surface area contributed by atoms with Gasteiger partial charge in [-0.25, -0.2) is 6.57 Å². The number of rotatable bonds is 4. The summed E-state index contributed by atoms with van der Waals surface area (Å²) in [7, 11) is 0. The Bertz CT molecular complexity index is 489. The number of alkyl halides is 1. The van der Waals surface area contributed by atoms with Crippen LogP contribution >= 0.6 is 15.9 Å². The molecule has 18 heavy (non-hydrogen) atoms. The highest BCUT2D eigenvalue weighted by Crippen LogP contribution is 2.37. The molecule has 90 valence electrons. The van der Waals surface area contributed by atoms with Gasteiger partial charge in [0, 0.05) is 22.9 Å². The number of nitrogens with zero attached hydrogens (tertiary/aromatic N) is 1. The van der Waals surface area contributed by atoms with Gasteiger partial charge in [0.05, 0.1) is 0 Å². The van der Waals surface area contributed by atoms with Crippen LogP contribution in [-0.4, -0.2) is 5.33 Å². The number of hydrogen-bond acceptors (Lipinski definition) is 0. The third kappa shape index (κ3) is 2.32. The fourth-order valence-corrected chi connectivity index (χ4v) is 2.78. The predicted molar refractivity (Wildman–Crippen MR) is 78.7 cm³/mol. The Hall–Kier alpha value is -1.59. The highest BCUT2D eigenvalue weighted by Gasteiger charge is 2.40. The maximum Gasteiger partial charge on any atom is 0.283 e. The van der Waals surface area contributed by atoms with Crippen molar-refractivity contribution >= 4 is 15.9 Å². The second kappa shape index (κ2) is 5.84. The lowest BCUT2D eigenvalue weighted by molar-refractivity contribution is 0.620. The second-order valence-electron chi connectivity index (χ2n) is 4.14. The summed E-state index contributed by atoms with van der Waals surface area (Å²) in [6, 6.07) is 20.1. The summed E-state index contributed by atoms with van der Waals surface area (Å²) < 4.78 is 0. The van der Waals surface area contributed by atoms with Crippen LogP contribution in [-0.2, 0) is 5.54 Å². The largest absolute Gasteiger partial charge is 0.300 e. The quantitative estimate of drug-likeness (QED) is 0.572. The number of hydrogen-bond donors (Lipinski definition) is 0. The molecule has 0 saturated heterocycles. The Morgan fingerprint density at radius 2 is 1.33 bits per heavy atom. The van der Waals surface area contributed by atoms with Crippen molar-refractivity contribution in [2.75, 3.05) is 5.33 Å². The van der Waals surface area contributed by atoms with E-state index in [4.69, 9.17) is 6.57 Å². The van der Waals surface area contributed by atoms with Crippen LogP contribution < -0.4 is 0 Å². The molecule has 0 unspecified atom stereocenters. The third-order valence-corrected chi connectivity index (χ3v) is 3.55. The summed E-state index contributed by atoms with van der Waals surface area (Å²) in [4.78, 5) is 3.97. The van der Waals surface area contributed by atoms with E-state index >= 15 is 0 Å². The van der Waals surface area contributed by atoms with Gasteiger partial charge in [0.2, 0.25) is 0 Å². The zero-order valence-electron chi connectivity index (χ0n) is 10.0. The van der Waals surface area contributed by atoms with E-state index in [1.807, 2.05) is 60.7 Å². The standard InChI is InChI=1S/C16H14BrN/c1-18-16(12-13-17,14-8-4-2-5-9-14)15-10-6-3-7-11-15/h2-11H,12-13H2. The molecule has 0 fully saturated rings. The minimum absolute atomic E-state index is 0.577. The van der Waals surface area contributed by atoms with Crippen LogP contribution in [0.5, 0.6) is 0 Å². The Kier molecular flexibility index (Phi) is 4.17. The smallest absolute Gasteiger partial charge is 0.283 e. The molecule has 0 heterocycles. The maximum absolute atomic E-state index is 7.69. The summed E-state index contributed by atoms with van der Waals surface area (Å²) >= 11 is 3.48. The zero-order valence-corrected chi connectivity index (χ0v) is 11.6. The molecule has 2 aromatic carbocycles. The number of benzene rings is 2. The fraction of sp³-hybridized carbons (Fsp3) is 0.188. The lowest BCUT2D eigenvalue weighted by Crippen LogP contribution is -2.24. The average molecular weight is 300 g/mol. The predicted octanol–water partition coefficient (Wildman–Crippen LogP) is 4.63. The van der Waals surface area contributed by atoms with E-state index in [1.54, 1.807) is 0 Å².